The van der Waals surface area contributed by atoms with E-state index >= 15 is 0 Å². The molecule has 142 valence electrons. The van der Waals surface area contributed by atoms with Crippen molar-refractivity contribution in [3.63, 3.8) is 0 Å². The average molecular weight is 371 g/mol. The van der Waals surface area contributed by atoms with Gasteiger partial charge in [-0.25, -0.2) is 9.59 Å². The lowest BCUT2D eigenvalue weighted by Gasteiger charge is -2.07. The number of ether oxygens (including phenoxy) is 3. The predicted molar refractivity (Wildman–Crippen MR) is 86.5 cm³/mol. The van der Waals surface area contributed by atoms with Crippen LogP contribution in [0.2, 0.25) is 0 Å². The molecule has 0 fully saturated rings. The Kier molecular flexibility index (Phi) is 9.37. The number of amides is 1. The van der Waals surface area contributed by atoms with E-state index in [9.17, 15) is 23.2 Å². The minimum Gasteiger partial charge on any atom is -0.463 e. The van der Waals surface area contributed by atoms with Crippen LogP contribution in [0.5, 0.6) is 5.75 Å². The molecular weight excluding hydrogens is 352 g/mol. The van der Waals surface area contributed by atoms with E-state index in [1.54, 1.807) is 19.1 Å². The molecule has 0 saturated carbocycles. The maximum Gasteiger partial charge on any atom is 0.387 e. The van der Waals surface area contributed by atoms with Gasteiger partial charge in [-0.05, 0) is 31.0 Å². The minimum absolute atomic E-state index is 0.0515. The second-order valence-electron chi connectivity index (χ2n) is 4.82. The highest BCUT2D eigenvalue weighted by Gasteiger charge is 2.06. The van der Waals surface area contributed by atoms with Crippen LogP contribution in [0.3, 0.4) is 0 Å². The molecule has 0 atom stereocenters. The quantitative estimate of drug-likeness (QED) is 0.496. The molecule has 0 saturated heterocycles. The van der Waals surface area contributed by atoms with Gasteiger partial charge in [0.05, 0.1) is 6.61 Å². The van der Waals surface area contributed by atoms with Crippen molar-refractivity contribution in [2.24, 2.45) is 0 Å². The van der Waals surface area contributed by atoms with Crippen LogP contribution < -0.4 is 10.1 Å². The van der Waals surface area contributed by atoms with Crippen LogP contribution in [0, 0.1) is 0 Å². The number of rotatable bonds is 10. The van der Waals surface area contributed by atoms with E-state index in [0.717, 1.165) is 17.7 Å². The Labute approximate surface area is 148 Å². The molecule has 1 aromatic rings. The fourth-order valence-corrected chi connectivity index (χ4v) is 1.75. The fraction of sp³-hybridized carbons (Fsp3) is 0.353. The summed E-state index contributed by atoms with van der Waals surface area (Å²) < 4.78 is 37.5. The lowest BCUT2D eigenvalue weighted by molar-refractivity contribution is -0.144. The zero-order valence-corrected chi connectivity index (χ0v) is 14.1. The summed E-state index contributed by atoms with van der Waals surface area (Å²) in [6.45, 7) is -1.30. The Balaban J connectivity index is 2.24. The summed E-state index contributed by atoms with van der Waals surface area (Å²) in [4.78, 5) is 33.8. The second-order valence-corrected chi connectivity index (χ2v) is 4.82. The Morgan fingerprint density at radius 3 is 2.27 bits per heavy atom. The van der Waals surface area contributed by atoms with E-state index in [2.05, 4.69) is 19.5 Å². The molecule has 0 spiro atoms. The average Bonchev–Trinajstić information content (AvgIpc) is 2.59. The Morgan fingerprint density at radius 2 is 1.69 bits per heavy atom. The van der Waals surface area contributed by atoms with Crippen molar-refractivity contribution in [1.29, 1.82) is 0 Å². The van der Waals surface area contributed by atoms with Crippen molar-refractivity contribution in [3.8, 4) is 5.75 Å². The molecule has 1 N–H and O–H groups in total. The maximum absolute atomic E-state index is 12.0. The highest BCUT2D eigenvalue weighted by molar-refractivity contribution is 5.92. The van der Waals surface area contributed by atoms with Crippen molar-refractivity contribution >= 4 is 17.8 Å². The summed E-state index contributed by atoms with van der Waals surface area (Å²) in [5, 5.41) is 2.54. The van der Waals surface area contributed by atoms with E-state index in [1.807, 2.05) is 0 Å². The van der Waals surface area contributed by atoms with Crippen LogP contribution in [0.4, 0.5) is 8.78 Å². The largest absolute Gasteiger partial charge is 0.463 e. The van der Waals surface area contributed by atoms with Crippen LogP contribution >= 0.6 is 0 Å². The van der Waals surface area contributed by atoms with Crippen LogP contribution in [0.15, 0.2) is 36.4 Å². The van der Waals surface area contributed by atoms with Crippen molar-refractivity contribution in [2.45, 2.75) is 20.0 Å². The number of hydrogen-bond acceptors (Lipinski definition) is 6. The van der Waals surface area contributed by atoms with E-state index < -0.39 is 31.1 Å². The number of halogens is 2. The van der Waals surface area contributed by atoms with Crippen LogP contribution in [-0.2, 0) is 30.3 Å². The van der Waals surface area contributed by atoms with Gasteiger partial charge >= 0.3 is 18.6 Å². The third-order valence-electron chi connectivity index (χ3n) is 2.87. The predicted octanol–water partition coefficient (Wildman–Crippen LogP) is 1.61. The summed E-state index contributed by atoms with van der Waals surface area (Å²) in [5.74, 6) is -1.99. The molecule has 0 heterocycles. The van der Waals surface area contributed by atoms with Gasteiger partial charge in [0.25, 0.3) is 5.91 Å². The lowest BCUT2D eigenvalue weighted by atomic mass is 10.1. The molecule has 7 nitrogen and oxygen atoms in total. The van der Waals surface area contributed by atoms with Crippen molar-refractivity contribution < 1.29 is 37.4 Å². The molecule has 0 aliphatic rings. The number of carbonyl (C=O) groups is 3. The first-order chi connectivity index (χ1) is 12.4. The van der Waals surface area contributed by atoms with E-state index in [1.165, 1.54) is 12.1 Å². The number of benzene rings is 1. The van der Waals surface area contributed by atoms with Gasteiger partial charge in [-0.15, -0.1) is 0 Å². The smallest absolute Gasteiger partial charge is 0.387 e. The number of nitrogens with one attached hydrogen (secondary N) is 1. The van der Waals surface area contributed by atoms with Crippen LogP contribution in [0.25, 0.3) is 0 Å². The summed E-state index contributed by atoms with van der Waals surface area (Å²) in [6, 6.07) is 6.01. The summed E-state index contributed by atoms with van der Waals surface area (Å²) >= 11 is 0. The third-order valence-corrected chi connectivity index (χ3v) is 2.87. The van der Waals surface area contributed by atoms with Crippen LogP contribution in [-0.4, -0.2) is 44.2 Å². The van der Waals surface area contributed by atoms with Gasteiger partial charge in [0.15, 0.2) is 6.61 Å². The molecular formula is C17H19F2NO6. The SMILES string of the molecule is CCOC(=O)/C=C/C(=O)OCC(=O)NCCc1ccc(OC(F)F)cc1. The van der Waals surface area contributed by atoms with Gasteiger partial charge in [-0.1, -0.05) is 12.1 Å². The maximum atomic E-state index is 12.0. The van der Waals surface area contributed by atoms with Gasteiger partial charge in [0.1, 0.15) is 5.75 Å². The molecule has 0 aliphatic heterocycles. The van der Waals surface area contributed by atoms with Gasteiger partial charge in [-0.2, -0.15) is 8.78 Å². The van der Waals surface area contributed by atoms with Crippen molar-refractivity contribution in [1.82, 2.24) is 5.32 Å². The second kappa shape index (κ2) is 11.6. The highest BCUT2D eigenvalue weighted by atomic mass is 19.3. The standard InChI is InChI=1S/C17H19F2NO6/c1-2-24-15(22)7-8-16(23)25-11-14(21)20-10-9-12-3-5-13(6-4-12)26-17(18)19/h3-8,17H,2,9-11H2,1H3,(H,20,21)/b8-7+. The fourth-order valence-electron chi connectivity index (χ4n) is 1.75. The summed E-state index contributed by atoms with van der Waals surface area (Å²) in [6.07, 6.45) is 2.23. The van der Waals surface area contributed by atoms with Gasteiger partial charge in [0.2, 0.25) is 0 Å². The van der Waals surface area contributed by atoms with Gasteiger partial charge in [0, 0.05) is 18.7 Å². The molecule has 1 rings (SSSR count). The topological polar surface area (TPSA) is 90.9 Å². The summed E-state index contributed by atoms with van der Waals surface area (Å²) in [5.41, 5.74) is 0.807. The first kappa shape index (κ1) is 21.1. The number of carbonyl (C=O) groups excluding carboxylic acids is 3. The molecule has 0 unspecified atom stereocenters. The molecule has 9 heteroatoms. The van der Waals surface area contributed by atoms with Gasteiger partial charge < -0.3 is 19.5 Å². The Hall–Kier alpha value is -2.97. The zero-order chi connectivity index (χ0) is 19.4. The first-order valence-electron chi connectivity index (χ1n) is 7.72. The zero-order valence-electron chi connectivity index (χ0n) is 14.1. The monoisotopic (exact) mass is 371 g/mol. The molecule has 26 heavy (non-hydrogen) atoms. The molecule has 0 bridgehead atoms. The molecule has 1 amide bonds. The van der Waals surface area contributed by atoms with Gasteiger partial charge in [-0.3, -0.25) is 4.79 Å². The first-order valence-corrected chi connectivity index (χ1v) is 7.72. The van der Waals surface area contributed by atoms with E-state index in [-0.39, 0.29) is 18.9 Å². The Morgan fingerprint density at radius 1 is 1.08 bits per heavy atom. The lowest BCUT2D eigenvalue weighted by Crippen LogP contribution is -2.30. The normalized spacial score (nSPS) is 10.6. The van der Waals surface area contributed by atoms with Crippen molar-refractivity contribution in [2.75, 3.05) is 19.8 Å². The van der Waals surface area contributed by atoms with Crippen LogP contribution in [0.1, 0.15) is 12.5 Å². The molecule has 0 aromatic heterocycles. The number of alkyl halides is 2. The van der Waals surface area contributed by atoms with E-state index in [0.29, 0.717) is 6.42 Å². The third kappa shape index (κ3) is 9.36. The summed E-state index contributed by atoms with van der Waals surface area (Å²) in [7, 11) is 0. The molecule has 1 aromatic carbocycles. The van der Waals surface area contributed by atoms with E-state index in [4.69, 9.17) is 0 Å². The van der Waals surface area contributed by atoms with Crippen molar-refractivity contribution in [3.05, 3.63) is 42.0 Å². The number of esters is 2. The highest BCUT2D eigenvalue weighted by Crippen LogP contribution is 2.14. The number of hydrogen-bond donors (Lipinski definition) is 1. The molecule has 0 aliphatic carbocycles. The Bertz CT molecular complexity index is 631. The minimum atomic E-state index is -2.88. The molecule has 0 radical (unpaired) electrons.